The number of piperidine rings is 1. The third kappa shape index (κ3) is 2.73. The Balaban J connectivity index is 1.36. The zero-order valence-corrected chi connectivity index (χ0v) is 16.4. The van der Waals surface area contributed by atoms with Gasteiger partial charge < -0.3 is 5.32 Å². The fourth-order valence-electron chi connectivity index (χ4n) is 5.14. The molecule has 2 N–H and O–H groups in total. The molecule has 152 valence electrons. The highest BCUT2D eigenvalue weighted by molar-refractivity contribution is 6.23. The number of likely N-dealkylation sites (tertiary alicyclic amines) is 1. The zero-order chi connectivity index (χ0) is 20.3. The van der Waals surface area contributed by atoms with Gasteiger partial charge in [0.15, 0.2) is 0 Å². The molecular weight excluding hydrogens is 372 g/mol. The number of nitrogens with zero attached hydrogens (tertiary/aromatic N) is 2. The number of imide groups is 2. The summed E-state index contributed by atoms with van der Waals surface area (Å²) in [4.78, 5) is 52.8. The minimum absolute atomic E-state index is 0.124. The van der Waals surface area contributed by atoms with Gasteiger partial charge >= 0.3 is 0 Å². The van der Waals surface area contributed by atoms with Crippen LogP contribution in [0.1, 0.15) is 52.5 Å². The normalized spacial score (nSPS) is 28.7. The maximum atomic E-state index is 13.0. The highest BCUT2D eigenvalue weighted by Crippen LogP contribution is 2.40. The molecule has 2 atom stereocenters. The number of carbonyl (C=O) groups is 4. The maximum Gasteiger partial charge on any atom is 0.262 e. The predicted octanol–water partition coefficient (Wildman–Crippen LogP) is 0.272. The highest BCUT2D eigenvalue weighted by Gasteiger charge is 2.49. The summed E-state index contributed by atoms with van der Waals surface area (Å²) in [6.07, 6.45) is 1.47. The lowest BCUT2D eigenvalue weighted by Crippen LogP contribution is -2.58. The van der Waals surface area contributed by atoms with Gasteiger partial charge in [0.05, 0.1) is 11.1 Å². The molecule has 0 aliphatic carbocycles. The number of carbonyl (C=O) groups excluding carboxylic acids is 4. The van der Waals surface area contributed by atoms with Crippen LogP contribution in [0.4, 0.5) is 0 Å². The molecule has 1 aromatic rings. The van der Waals surface area contributed by atoms with E-state index in [1.165, 1.54) is 6.42 Å². The van der Waals surface area contributed by atoms with E-state index in [4.69, 9.17) is 0 Å². The Morgan fingerprint density at radius 1 is 1.10 bits per heavy atom. The third-order valence-electron chi connectivity index (χ3n) is 7.17. The predicted molar refractivity (Wildman–Crippen MR) is 103 cm³/mol. The zero-order valence-electron chi connectivity index (χ0n) is 16.4. The van der Waals surface area contributed by atoms with E-state index < -0.39 is 23.8 Å². The Morgan fingerprint density at radius 2 is 1.86 bits per heavy atom. The number of amides is 4. The molecule has 1 aromatic carbocycles. The van der Waals surface area contributed by atoms with Crippen LogP contribution < -0.4 is 10.6 Å². The van der Waals surface area contributed by atoms with E-state index in [-0.39, 0.29) is 18.7 Å². The van der Waals surface area contributed by atoms with E-state index in [9.17, 15) is 19.2 Å². The van der Waals surface area contributed by atoms with Crippen molar-refractivity contribution in [1.82, 2.24) is 20.4 Å². The van der Waals surface area contributed by atoms with Gasteiger partial charge in [-0.1, -0.05) is 6.07 Å². The Morgan fingerprint density at radius 3 is 2.52 bits per heavy atom. The lowest BCUT2D eigenvalue weighted by atomic mass is 9.75. The van der Waals surface area contributed by atoms with Crippen molar-refractivity contribution in [3.05, 3.63) is 34.9 Å². The summed E-state index contributed by atoms with van der Waals surface area (Å²) >= 11 is 0. The molecule has 4 heterocycles. The Bertz CT molecular complexity index is 939. The van der Waals surface area contributed by atoms with E-state index in [1.54, 1.807) is 12.1 Å². The Labute approximate surface area is 168 Å². The summed E-state index contributed by atoms with van der Waals surface area (Å²) in [5.41, 5.74) is 2.04. The van der Waals surface area contributed by atoms with Crippen molar-refractivity contribution >= 4 is 23.6 Å². The van der Waals surface area contributed by atoms with Gasteiger partial charge in [0, 0.05) is 37.5 Å². The number of benzene rings is 1. The lowest BCUT2D eigenvalue weighted by molar-refractivity contribution is -0.136. The molecule has 3 fully saturated rings. The molecule has 0 radical (unpaired) electrons. The Hall–Kier alpha value is -2.58. The Kier molecular flexibility index (Phi) is 4.11. The van der Waals surface area contributed by atoms with Crippen LogP contribution in [0.5, 0.6) is 0 Å². The van der Waals surface area contributed by atoms with Crippen molar-refractivity contribution < 1.29 is 19.2 Å². The highest BCUT2D eigenvalue weighted by atomic mass is 16.2. The SMILES string of the molecule is CC1N(Cc2ccc3c(c2)C(=O)N(C2CCC(=O)NC2=O)C3=O)CCC12CNC2. The first-order chi connectivity index (χ1) is 13.9. The molecule has 29 heavy (non-hydrogen) atoms. The molecule has 4 amide bonds. The van der Waals surface area contributed by atoms with Gasteiger partial charge in [-0.2, -0.15) is 0 Å². The van der Waals surface area contributed by atoms with Crippen LogP contribution in [-0.2, 0) is 16.1 Å². The number of rotatable bonds is 3. The molecule has 1 spiro atoms. The van der Waals surface area contributed by atoms with Gasteiger partial charge in [0.2, 0.25) is 11.8 Å². The topological polar surface area (TPSA) is 98.8 Å². The fraction of sp³-hybridized carbons (Fsp3) is 0.524. The first-order valence-corrected chi connectivity index (χ1v) is 10.2. The molecule has 3 saturated heterocycles. The van der Waals surface area contributed by atoms with E-state index in [1.807, 2.05) is 6.07 Å². The number of fused-ring (bicyclic) bond motifs is 1. The number of hydrogen-bond donors (Lipinski definition) is 2. The van der Waals surface area contributed by atoms with Crippen molar-refractivity contribution in [1.29, 1.82) is 0 Å². The van der Waals surface area contributed by atoms with Gasteiger partial charge in [0.1, 0.15) is 6.04 Å². The number of nitrogens with one attached hydrogen (secondary N) is 2. The lowest BCUT2D eigenvalue weighted by Gasteiger charge is -2.44. The van der Waals surface area contributed by atoms with E-state index >= 15 is 0 Å². The maximum absolute atomic E-state index is 13.0. The molecule has 4 aliphatic rings. The molecule has 0 aromatic heterocycles. The second kappa shape index (κ2) is 6.47. The molecule has 5 rings (SSSR count). The summed E-state index contributed by atoms with van der Waals surface area (Å²) in [5.74, 6) is -1.86. The second-order valence-electron chi connectivity index (χ2n) is 8.69. The van der Waals surface area contributed by atoms with Crippen molar-refractivity contribution in [2.24, 2.45) is 5.41 Å². The molecule has 2 unspecified atom stereocenters. The van der Waals surface area contributed by atoms with Crippen molar-refractivity contribution in [2.75, 3.05) is 19.6 Å². The molecule has 4 aliphatic heterocycles. The van der Waals surface area contributed by atoms with Crippen LogP contribution in [0.15, 0.2) is 18.2 Å². The van der Waals surface area contributed by atoms with Crippen LogP contribution in [0.3, 0.4) is 0 Å². The van der Waals surface area contributed by atoms with E-state index in [0.29, 0.717) is 22.6 Å². The minimum atomic E-state index is -0.923. The van der Waals surface area contributed by atoms with Gasteiger partial charge in [-0.25, -0.2) is 0 Å². The minimum Gasteiger partial charge on any atom is -0.315 e. The van der Waals surface area contributed by atoms with E-state index in [0.717, 1.165) is 36.6 Å². The monoisotopic (exact) mass is 396 g/mol. The number of hydrogen-bond acceptors (Lipinski definition) is 6. The standard InChI is InChI=1S/C21H24N4O4/c1-12-21(10-22-11-21)6-7-24(12)9-13-2-3-14-15(8-13)20(29)25(19(14)28)16-4-5-17(26)23-18(16)27/h2-3,8,12,16,22H,4-7,9-11H2,1H3,(H,23,26,27). The molecular formula is C21H24N4O4. The van der Waals surface area contributed by atoms with Crippen LogP contribution in [0, 0.1) is 5.41 Å². The third-order valence-corrected chi connectivity index (χ3v) is 7.17. The van der Waals surface area contributed by atoms with Gasteiger partial charge in [-0.15, -0.1) is 0 Å². The van der Waals surface area contributed by atoms with Gasteiger partial charge in [0.25, 0.3) is 11.8 Å². The summed E-state index contributed by atoms with van der Waals surface area (Å²) in [5, 5.41) is 5.60. The van der Waals surface area contributed by atoms with Crippen LogP contribution in [-0.4, -0.2) is 65.1 Å². The summed E-state index contributed by atoms with van der Waals surface area (Å²) < 4.78 is 0. The first kappa shape index (κ1) is 18.4. The molecule has 8 nitrogen and oxygen atoms in total. The molecule has 0 bridgehead atoms. The quantitative estimate of drug-likeness (QED) is 0.712. The fourth-order valence-corrected chi connectivity index (χ4v) is 5.14. The van der Waals surface area contributed by atoms with E-state index in [2.05, 4.69) is 22.5 Å². The molecule has 0 saturated carbocycles. The van der Waals surface area contributed by atoms with Crippen molar-refractivity contribution in [2.45, 2.75) is 44.8 Å². The van der Waals surface area contributed by atoms with Crippen LogP contribution in [0.25, 0.3) is 0 Å². The van der Waals surface area contributed by atoms with Gasteiger partial charge in [-0.05, 0) is 44.0 Å². The van der Waals surface area contributed by atoms with Crippen LogP contribution in [0.2, 0.25) is 0 Å². The first-order valence-electron chi connectivity index (χ1n) is 10.2. The van der Waals surface area contributed by atoms with Crippen LogP contribution >= 0.6 is 0 Å². The van der Waals surface area contributed by atoms with Gasteiger partial charge in [-0.3, -0.25) is 34.3 Å². The summed E-state index contributed by atoms with van der Waals surface area (Å²) in [6, 6.07) is 4.92. The summed E-state index contributed by atoms with van der Waals surface area (Å²) in [6.45, 7) is 6.14. The molecule has 8 heteroatoms. The smallest absolute Gasteiger partial charge is 0.262 e. The van der Waals surface area contributed by atoms with Crippen molar-refractivity contribution in [3.63, 3.8) is 0 Å². The van der Waals surface area contributed by atoms with Crippen molar-refractivity contribution in [3.8, 4) is 0 Å². The summed E-state index contributed by atoms with van der Waals surface area (Å²) in [7, 11) is 0. The second-order valence-corrected chi connectivity index (χ2v) is 8.69. The average Bonchev–Trinajstić information content (AvgIpc) is 3.11. The average molecular weight is 396 g/mol. The largest absolute Gasteiger partial charge is 0.315 e.